The Balaban J connectivity index is 2.22. The van der Waals surface area contributed by atoms with E-state index in [0.717, 1.165) is 0 Å². The molecule has 20 heavy (non-hydrogen) atoms. The summed E-state index contributed by atoms with van der Waals surface area (Å²) in [4.78, 5) is 11.3. The molecule has 2 rings (SSSR count). The van der Waals surface area contributed by atoms with E-state index in [0.29, 0.717) is 11.3 Å². The zero-order chi connectivity index (χ0) is 14.7. The van der Waals surface area contributed by atoms with Crippen LogP contribution in [0.15, 0.2) is 30.5 Å². The SMILES string of the molecule is CC(C)n1ncc(COc2ccccc2O)c1C(=O)O. The topological polar surface area (TPSA) is 84.6 Å². The summed E-state index contributed by atoms with van der Waals surface area (Å²) in [6.07, 6.45) is 1.48. The lowest BCUT2D eigenvalue weighted by molar-refractivity contribution is 0.0678. The lowest BCUT2D eigenvalue weighted by Gasteiger charge is -2.10. The van der Waals surface area contributed by atoms with Crippen molar-refractivity contribution in [1.82, 2.24) is 9.78 Å². The summed E-state index contributed by atoms with van der Waals surface area (Å²) in [5, 5.41) is 22.9. The van der Waals surface area contributed by atoms with E-state index in [1.165, 1.54) is 16.9 Å². The van der Waals surface area contributed by atoms with Gasteiger partial charge in [0, 0.05) is 11.6 Å². The van der Waals surface area contributed by atoms with Crippen molar-refractivity contribution in [3.8, 4) is 11.5 Å². The minimum atomic E-state index is -1.05. The summed E-state index contributed by atoms with van der Waals surface area (Å²) >= 11 is 0. The van der Waals surface area contributed by atoms with Gasteiger partial charge in [-0.15, -0.1) is 0 Å². The van der Waals surface area contributed by atoms with Gasteiger partial charge in [0.25, 0.3) is 0 Å². The molecule has 106 valence electrons. The Morgan fingerprint density at radius 2 is 2.10 bits per heavy atom. The van der Waals surface area contributed by atoms with Crippen LogP contribution in [0.3, 0.4) is 0 Å². The van der Waals surface area contributed by atoms with Gasteiger partial charge >= 0.3 is 5.97 Å². The summed E-state index contributed by atoms with van der Waals surface area (Å²) in [6, 6.07) is 6.47. The molecule has 0 aliphatic heterocycles. The van der Waals surface area contributed by atoms with Crippen LogP contribution in [0.25, 0.3) is 0 Å². The number of aromatic hydroxyl groups is 1. The smallest absolute Gasteiger partial charge is 0.354 e. The molecule has 6 heteroatoms. The first-order valence-corrected chi connectivity index (χ1v) is 6.21. The molecule has 1 heterocycles. The van der Waals surface area contributed by atoms with Crippen LogP contribution in [-0.4, -0.2) is 26.0 Å². The summed E-state index contributed by atoms with van der Waals surface area (Å²) in [5.74, 6) is -0.728. The second kappa shape index (κ2) is 5.64. The average Bonchev–Trinajstić information content (AvgIpc) is 2.82. The molecule has 0 saturated carbocycles. The predicted molar refractivity (Wildman–Crippen MR) is 72.0 cm³/mol. The number of rotatable bonds is 5. The number of benzene rings is 1. The molecule has 0 unspecified atom stereocenters. The molecule has 2 aromatic rings. The molecule has 1 aromatic heterocycles. The average molecular weight is 276 g/mol. The van der Waals surface area contributed by atoms with Crippen LogP contribution < -0.4 is 4.74 Å². The summed E-state index contributed by atoms with van der Waals surface area (Å²) < 4.78 is 6.88. The van der Waals surface area contributed by atoms with Crippen molar-refractivity contribution >= 4 is 5.97 Å². The van der Waals surface area contributed by atoms with Crippen LogP contribution in [0.5, 0.6) is 11.5 Å². The molecule has 0 radical (unpaired) electrons. The van der Waals surface area contributed by atoms with Crippen molar-refractivity contribution in [3.63, 3.8) is 0 Å². The fourth-order valence-corrected chi connectivity index (χ4v) is 1.87. The van der Waals surface area contributed by atoms with E-state index in [9.17, 15) is 15.0 Å². The number of carboxylic acid groups (broad SMARTS) is 1. The Morgan fingerprint density at radius 3 is 2.70 bits per heavy atom. The molecule has 0 saturated heterocycles. The van der Waals surface area contributed by atoms with Crippen LogP contribution in [0, 0.1) is 0 Å². The van der Waals surface area contributed by atoms with Crippen LogP contribution in [0.2, 0.25) is 0 Å². The Bertz CT molecular complexity index is 619. The normalized spacial score (nSPS) is 10.8. The number of carboxylic acids is 1. The van der Waals surface area contributed by atoms with Gasteiger partial charge in [-0.1, -0.05) is 12.1 Å². The number of aromatic nitrogens is 2. The van der Waals surface area contributed by atoms with E-state index in [4.69, 9.17) is 4.74 Å². The minimum absolute atomic E-state index is 0.0145. The first-order chi connectivity index (χ1) is 9.50. The van der Waals surface area contributed by atoms with Gasteiger partial charge < -0.3 is 14.9 Å². The Kier molecular flexibility index (Phi) is 3.93. The monoisotopic (exact) mass is 276 g/mol. The maximum atomic E-state index is 11.3. The highest BCUT2D eigenvalue weighted by atomic mass is 16.5. The van der Waals surface area contributed by atoms with E-state index in [2.05, 4.69) is 5.10 Å². The maximum Gasteiger partial charge on any atom is 0.354 e. The van der Waals surface area contributed by atoms with Crippen LogP contribution in [-0.2, 0) is 6.61 Å². The minimum Gasteiger partial charge on any atom is -0.504 e. The van der Waals surface area contributed by atoms with Gasteiger partial charge in [0.2, 0.25) is 0 Å². The van der Waals surface area contributed by atoms with Crippen molar-refractivity contribution in [1.29, 1.82) is 0 Å². The van der Waals surface area contributed by atoms with Gasteiger partial charge in [-0.05, 0) is 26.0 Å². The second-order valence-electron chi connectivity index (χ2n) is 4.62. The first kappa shape index (κ1) is 13.9. The van der Waals surface area contributed by atoms with Gasteiger partial charge in [-0.25, -0.2) is 4.79 Å². The summed E-state index contributed by atoms with van der Waals surface area (Å²) in [5.41, 5.74) is 0.574. The number of para-hydroxylation sites is 2. The van der Waals surface area contributed by atoms with E-state index < -0.39 is 5.97 Å². The van der Waals surface area contributed by atoms with E-state index >= 15 is 0 Å². The third-order valence-electron chi connectivity index (χ3n) is 2.81. The molecule has 0 atom stereocenters. The quantitative estimate of drug-likeness (QED) is 0.876. The molecular formula is C14H16N2O4. The highest BCUT2D eigenvalue weighted by molar-refractivity contribution is 5.87. The third-order valence-corrected chi connectivity index (χ3v) is 2.81. The lowest BCUT2D eigenvalue weighted by Crippen LogP contribution is -2.14. The highest BCUT2D eigenvalue weighted by Gasteiger charge is 2.20. The summed E-state index contributed by atoms with van der Waals surface area (Å²) in [6.45, 7) is 3.74. The number of phenols is 1. The molecule has 0 fully saturated rings. The van der Waals surface area contributed by atoms with Gasteiger partial charge in [-0.3, -0.25) is 4.68 Å². The van der Waals surface area contributed by atoms with Crippen LogP contribution in [0.1, 0.15) is 35.9 Å². The standard InChI is InChI=1S/C14H16N2O4/c1-9(2)16-13(14(18)19)10(7-15-16)8-20-12-6-4-3-5-11(12)17/h3-7,9,17H,8H2,1-2H3,(H,18,19). The van der Waals surface area contributed by atoms with Crippen molar-refractivity contribution in [3.05, 3.63) is 41.7 Å². The largest absolute Gasteiger partial charge is 0.504 e. The molecule has 0 spiro atoms. The number of aromatic carboxylic acids is 1. The van der Waals surface area contributed by atoms with Gasteiger partial charge in [0.05, 0.1) is 6.20 Å². The number of hydrogen-bond acceptors (Lipinski definition) is 4. The number of nitrogens with zero attached hydrogens (tertiary/aromatic N) is 2. The molecule has 0 aliphatic carbocycles. The molecular weight excluding hydrogens is 260 g/mol. The molecule has 2 N–H and O–H groups in total. The number of phenolic OH excluding ortho intramolecular Hbond substituents is 1. The van der Waals surface area contributed by atoms with Crippen molar-refractivity contribution in [2.24, 2.45) is 0 Å². The van der Waals surface area contributed by atoms with Crippen molar-refractivity contribution in [2.75, 3.05) is 0 Å². The Labute approximate surface area is 116 Å². The Hall–Kier alpha value is -2.50. The Morgan fingerprint density at radius 1 is 1.40 bits per heavy atom. The molecule has 0 bridgehead atoms. The fraction of sp³-hybridized carbons (Fsp3) is 0.286. The summed E-state index contributed by atoms with van der Waals surface area (Å²) in [7, 11) is 0. The van der Waals surface area contributed by atoms with Crippen molar-refractivity contribution in [2.45, 2.75) is 26.5 Å². The fourth-order valence-electron chi connectivity index (χ4n) is 1.87. The van der Waals surface area contributed by atoms with E-state index in [1.807, 2.05) is 13.8 Å². The molecule has 0 amide bonds. The van der Waals surface area contributed by atoms with Crippen LogP contribution >= 0.6 is 0 Å². The van der Waals surface area contributed by atoms with Gasteiger partial charge in [0.1, 0.15) is 6.61 Å². The zero-order valence-electron chi connectivity index (χ0n) is 11.3. The first-order valence-electron chi connectivity index (χ1n) is 6.21. The van der Waals surface area contributed by atoms with Gasteiger partial charge in [-0.2, -0.15) is 5.10 Å². The van der Waals surface area contributed by atoms with E-state index in [-0.39, 0.29) is 24.1 Å². The number of ether oxygens (including phenoxy) is 1. The predicted octanol–water partition coefficient (Wildman–Crippen LogP) is 2.45. The maximum absolute atomic E-state index is 11.3. The third kappa shape index (κ3) is 2.74. The number of carbonyl (C=O) groups is 1. The van der Waals surface area contributed by atoms with Gasteiger partial charge in [0.15, 0.2) is 17.2 Å². The molecule has 6 nitrogen and oxygen atoms in total. The zero-order valence-corrected chi connectivity index (χ0v) is 11.3. The van der Waals surface area contributed by atoms with Crippen molar-refractivity contribution < 1.29 is 19.7 Å². The second-order valence-corrected chi connectivity index (χ2v) is 4.62. The molecule has 1 aromatic carbocycles. The molecule has 0 aliphatic rings. The lowest BCUT2D eigenvalue weighted by atomic mass is 10.2. The highest BCUT2D eigenvalue weighted by Crippen LogP contribution is 2.26. The number of hydrogen-bond donors (Lipinski definition) is 2. The van der Waals surface area contributed by atoms with Crippen LogP contribution in [0.4, 0.5) is 0 Å². The van der Waals surface area contributed by atoms with E-state index in [1.54, 1.807) is 18.2 Å².